The van der Waals surface area contributed by atoms with Crippen molar-refractivity contribution in [2.24, 2.45) is 10.9 Å². The van der Waals surface area contributed by atoms with E-state index in [2.05, 4.69) is 20.9 Å². The van der Waals surface area contributed by atoms with Crippen LogP contribution < -0.4 is 20.9 Å². The summed E-state index contributed by atoms with van der Waals surface area (Å²) in [5, 5.41) is 8.90. The third kappa shape index (κ3) is 7.02. The molecule has 1 heterocycles. The summed E-state index contributed by atoms with van der Waals surface area (Å²) >= 11 is 0. The van der Waals surface area contributed by atoms with Gasteiger partial charge in [0.2, 0.25) is 5.91 Å². The first kappa shape index (κ1) is 23.2. The lowest BCUT2D eigenvalue weighted by Crippen LogP contribution is -2.41. The maximum absolute atomic E-state index is 13.7. The first-order valence-electron chi connectivity index (χ1n) is 10.7. The summed E-state index contributed by atoms with van der Waals surface area (Å²) in [6.07, 6.45) is -2.59. The highest BCUT2D eigenvalue weighted by Crippen LogP contribution is 2.35. The van der Waals surface area contributed by atoms with E-state index < -0.39 is 11.7 Å². The number of alkyl halides is 3. The molecule has 3 N–H and O–H groups in total. The molecular weight excluding hydrogens is 411 g/mol. The third-order valence-corrected chi connectivity index (χ3v) is 5.19. The highest BCUT2D eigenvalue weighted by atomic mass is 19.4. The lowest BCUT2D eigenvalue weighted by Gasteiger charge is -2.29. The number of aliphatic imine (C=N–C) groups is 1. The van der Waals surface area contributed by atoms with Gasteiger partial charge in [0, 0.05) is 44.3 Å². The molecule has 2 fully saturated rings. The standard InChI is InChI=1S/C21H30F3N5O2/c1-2-25-20(27-8-7-26-19(30)15-3-4-15)28-14-16-5-6-17(13-18(16)21(22,23)24)29-9-11-31-12-10-29/h5-6,13,15H,2-4,7-12,14H2,1H3,(H,26,30)(H2,25,27,28). The highest BCUT2D eigenvalue weighted by Gasteiger charge is 2.34. The molecule has 10 heteroatoms. The van der Waals surface area contributed by atoms with Gasteiger partial charge in [0.05, 0.1) is 25.3 Å². The van der Waals surface area contributed by atoms with E-state index >= 15 is 0 Å². The van der Waals surface area contributed by atoms with Crippen molar-refractivity contribution >= 4 is 17.6 Å². The van der Waals surface area contributed by atoms with E-state index in [0.29, 0.717) is 57.6 Å². The van der Waals surface area contributed by atoms with Crippen LogP contribution in [0, 0.1) is 5.92 Å². The van der Waals surface area contributed by atoms with Crippen LogP contribution >= 0.6 is 0 Å². The molecule has 1 aromatic carbocycles. The predicted octanol–water partition coefficient (Wildman–Crippen LogP) is 2.12. The van der Waals surface area contributed by atoms with Crippen LogP contribution in [0.1, 0.15) is 30.9 Å². The molecule has 1 saturated carbocycles. The van der Waals surface area contributed by atoms with Crippen LogP contribution in [-0.4, -0.2) is 57.8 Å². The second-order valence-electron chi connectivity index (χ2n) is 7.63. The normalized spacial score (nSPS) is 17.4. The van der Waals surface area contributed by atoms with Crippen molar-refractivity contribution in [3.63, 3.8) is 0 Å². The van der Waals surface area contributed by atoms with Crippen molar-refractivity contribution in [2.75, 3.05) is 50.8 Å². The zero-order valence-corrected chi connectivity index (χ0v) is 17.7. The maximum Gasteiger partial charge on any atom is 0.416 e. The van der Waals surface area contributed by atoms with E-state index in [0.717, 1.165) is 12.8 Å². The number of hydrogen-bond acceptors (Lipinski definition) is 4. The Bertz CT molecular complexity index is 775. The molecule has 0 unspecified atom stereocenters. The fourth-order valence-corrected chi connectivity index (χ4v) is 3.35. The summed E-state index contributed by atoms with van der Waals surface area (Å²) < 4.78 is 46.4. The van der Waals surface area contributed by atoms with Crippen LogP contribution in [0.5, 0.6) is 0 Å². The quantitative estimate of drug-likeness (QED) is 0.327. The van der Waals surface area contributed by atoms with E-state index in [1.807, 2.05) is 11.8 Å². The first-order chi connectivity index (χ1) is 14.9. The number of rotatable bonds is 8. The number of morpholine rings is 1. The Balaban J connectivity index is 1.64. The average molecular weight is 441 g/mol. The minimum Gasteiger partial charge on any atom is -0.378 e. The molecule has 1 aromatic rings. The fraction of sp³-hybridized carbons (Fsp3) is 0.619. The van der Waals surface area contributed by atoms with Gasteiger partial charge in [0.1, 0.15) is 0 Å². The molecule has 31 heavy (non-hydrogen) atoms. The van der Waals surface area contributed by atoms with Crippen LogP contribution in [0.25, 0.3) is 0 Å². The summed E-state index contributed by atoms with van der Waals surface area (Å²) in [5.41, 5.74) is -0.0173. The summed E-state index contributed by atoms with van der Waals surface area (Å²) in [7, 11) is 0. The number of carbonyl (C=O) groups excluding carboxylic acids is 1. The van der Waals surface area contributed by atoms with E-state index in [-0.39, 0.29) is 23.9 Å². The molecule has 1 saturated heterocycles. The number of anilines is 1. The molecule has 0 aromatic heterocycles. The molecule has 172 valence electrons. The molecule has 0 spiro atoms. The van der Waals surface area contributed by atoms with Crippen LogP contribution in [-0.2, 0) is 22.3 Å². The Morgan fingerprint density at radius 1 is 1.16 bits per heavy atom. The largest absolute Gasteiger partial charge is 0.416 e. The Hall–Kier alpha value is -2.49. The lowest BCUT2D eigenvalue weighted by molar-refractivity contribution is -0.138. The molecule has 3 rings (SSSR count). The molecule has 0 atom stereocenters. The van der Waals surface area contributed by atoms with Gasteiger partial charge in [0.25, 0.3) is 0 Å². The second-order valence-corrected chi connectivity index (χ2v) is 7.63. The molecule has 0 radical (unpaired) electrons. The topological polar surface area (TPSA) is 78.0 Å². The predicted molar refractivity (Wildman–Crippen MR) is 113 cm³/mol. The zero-order chi connectivity index (χ0) is 22.3. The van der Waals surface area contributed by atoms with Gasteiger partial charge in [-0.15, -0.1) is 0 Å². The number of hydrogen-bond donors (Lipinski definition) is 3. The monoisotopic (exact) mass is 441 g/mol. The van der Waals surface area contributed by atoms with Gasteiger partial charge in [-0.3, -0.25) is 4.79 Å². The van der Waals surface area contributed by atoms with Crippen molar-refractivity contribution in [1.29, 1.82) is 0 Å². The third-order valence-electron chi connectivity index (χ3n) is 5.19. The van der Waals surface area contributed by atoms with E-state index in [4.69, 9.17) is 4.74 Å². The van der Waals surface area contributed by atoms with Gasteiger partial charge >= 0.3 is 6.18 Å². The molecule has 0 bridgehead atoms. The smallest absolute Gasteiger partial charge is 0.378 e. The minimum atomic E-state index is -4.47. The van der Waals surface area contributed by atoms with Gasteiger partial charge in [-0.2, -0.15) is 13.2 Å². The van der Waals surface area contributed by atoms with E-state index in [1.165, 1.54) is 12.1 Å². The number of nitrogens with zero attached hydrogens (tertiary/aromatic N) is 2. The van der Waals surface area contributed by atoms with E-state index in [1.54, 1.807) is 6.07 Å². The zero-order valence-electron chi connectivity index (χ0n) is 17.7. The first-order valence-corrected chi connectivity index (χ1v) is 10.7. The van der Waals surface area contributed by atoms with Gasteiger partial charge in [-0.1, -0.05) is 6.07 Å². The molecule has 2 aliphatic rings. The minimum absolute atomic E-state index is 0.0546. The summed E-state index contributed by atoms with van der Waals surface area (Å²) in [4.78, 5) is 17.9. The number of carbonyl (C=O) groups is 1. The van der Waals surface area contributed by atoms with Crippen LogP contribution in [0.3, 0.4) is 0 Å². The molecular formula is C21H30F3N5O2. The number of benzene rings is 1. The summed E-state index contributed by atoms with van der Waals surface area (Å²) in [6.45, 7) is 5.36. The van der Waals surface area contributed by atoms with Gasteiger partial charge in [-0.25, -0.2) is 4.99 Å². The summed E-state index contributed by atoms with van der Waals surface area (Å²) in [6, 6.07) is 4.40. The van der Waals surface area contributed by atoms with Gasteiger partial charge in [-0.05, 0) is 37.5 Å². The average Bonchev–Trinajstić information content (AvgIpc) is 3.60. The number of guanidine groups is 1. The molecule has 1 amide bonds. The van der Waals surface area contributed by atoms with Crippen molar-refractivity contribution in [3.05, 3.63) is 29.3 Å². The van der Waals surface area contributed by atoms with Crippen LogP contribution in [0.4, 0.5) is 18.9 Å². The molecule has 1 aliphatic carbocycles. The van der Waals surface area contributed by atoms with E-state index in [9.17, 15) is 18.0 Å². The summed E-state index contributed by atoms with van der Waals surface area (Å²) in [5.74, 6) is 0.607. The highest BCUT2D eigenvalue weighted by molar-refractivity contribution is 5.81. The lowest BCUT2D eigenvalue weighted by atomic mass is 10.1. The van der Waals surface area contributed by atoms with Crippen molar-refractivity contribution in [2.45, 2.75) is 32.5 Å². The Kier molecular flexibility index (Phi) is 8.00. The molecule has 7 nitrogen and oxygen atoms in total. The number of nitrogens with one attached hydrogen (secondary N) is 3. The SMILES string of the molecule is CCNC(=NCc1ccc(N2CCOCC2)cc1C(F)(F)F)NCCNC(=O)C1CC1. The van der Waals surface area contributed by atoms with Crippen molar-refractivity contribution in [1.82, 2.24) is 16.0 Å². The maximum atomic E-state index is 13.7. The van der Waals surface area contributed by atoms with Gasteiger partial charge in [0.15, 0.2) is 5.96 Å². The Morgan fingerprint density at radius 2 is 1.87 bits per heavy atom. The Morgan fingerprint density at radius 3 is 2.52 bits per heavy atom. The van der Waals surface area contributed by atoms with Gasteiger partial charge < -0.3 is 25.6 Å². The molecule has 1 aliphatic heterocycles. The van der Waals surface area contributed by atoms with Crippen LogP contribution in [0.2, 0.25) is 0 Å². The van der Waals surface area contributed by atoms with Crippen LogP contribution in [0.15, 0.2) is 23.2 Å². The van der Waals surface area contributed by atoms with Crippen molar-refractivity contribution in [3.8, 4) is 0 Å². The van der Waals surface area contributed by atoms with Crippen molar-refractivity contribution < 1.29 is 22.7 Å². The number of amides is 1. The fourth-order valence-electron chi connectivity index (χ4n) is 3.35. The Labute approximate surface area is 180 Å². The number of halogens is 3. The number of ether oxygens (including phenoxy) is 1. The second kappa shape index (κ2) is 10.7.